The standard InChI is InChI=1S/C21H32N2O4/c1-4-5-6-17(22)20(24)23-10-8-21(9-11-23)16-14-19(26-3)18(25-2)13-15(16)7-12-27-21/h13-14,17H,4-12,22H2,1-3H3/t17-/m0/s1. The second kappa shape index (κ2) is 8.48. The van der Waals surface area contributed by atoms with Gasteiger partial charge in [-0.1, -0.05) is 19.8 Å². The lowest BCUT2D eigenvalue weighted by molar-refractivity contribution is -0.142. The molecular formula is C21H32N2O4. The molecule has 2 aliphatic heterocycles. The van der Waals surface area contributed by atoms with Crippen LogP contribution < -0.4 is 15.2 Å². The lowest BCUT2D eigenvalue weighted by Crippen LogP contribution is -2.52. The first-order valence-corrected chi connectivity index (χ1v) is 9.98. The van der Waals surface area contributed by atoms with Gasteiger partial charge in [0.15, 0.2) is 11.5 Å². The van der Waals surface area contributed by atoms with Crippen LogP contribution >= 0.6 is 0 Å². The number of ether oxygens (including phenoxy) is 3. The lowest BCUT2D eigenvalue weighted by Gasteiger charge is -2.45. The Morgan fingerprint density at radius 3 is 2.56 bits per heavy atom. The van der Waals surface area contributed by atoms with Crippen molar-refractivity contribution in [3.05, 3.63) is 23.3 Å². The lowest BCUT2D eigenvalue weighted by atomic mass is 9.79. The third-order valence-electron chi connectivity index (χ3n) is 5.92. The zero-order valence-electron chi connectivity index (χ0n) is 16.8. The van der Waals surface area contributed by atoms with Gasteiger partial charge in [-0.05, 0) is 48.9 Å². The fraction of sp³-hybridized carbons (Fsp3) is 0.667. The SMILES string of the molecule is CCCC[C@H](N)C(=O)N1CCC2(CC1)OCCc1cc(OC)c(OC)cc12. The van der Waals surface area contributed by atoms with E-state index in [1.807, 2.05) is 4.90 Å². The highest BCUT2D eigenvalue weighted by atomic mass is 16.5. The molecule has 1 aromatic rings. The van der Waals surface area contributed by atoms with Crippen LogP contribution in [0.5, 0.6) is 11.5 Å². The first-order valence-electron chi connectivity index (χ1n) is 9.98. The number of nitrogens with two attached hydrogens (primary N) is 1. The molecule has 1 aromatic carbocycles. The molecule has 3 rings (SSSR count). The van der Waals surface area contributed by atoms with E-state index in [1.165, 1.54) is 11.1 Å². The monoisotopic (exact) mass is 376 g/mol. The van der Waals surface area contributed by atoms with Gasteiger partial charge in [0.2, 0.25) is 5.91 Å². The second-order valence-corrected chi connectivity index (χ2v) is 7.53. The number of carbonyl (C=O) groups is 1. The van der Waals surface area contributed by atoms with Crippen LogP contribution in [-0.2, 0) is 21.6 Å². The number of unbranched alkanes of at least 4 members (excludes halogenated alkanes) is 1. The van der Waals surface area contributed by atoms with Gasteiger partial charge in [-0.3, -0.25) is 4.79 Å². The van der Waals surface area contributed by atoms with Crippen molar-refractivity contribution in [3.63, 3.8) is 0 Å². The van der Waals surface area contributed by atoms with Crippen LogP contribution in [0.2, 0.25) is 0 Å². The Balaban J connectivity index is 1.76. The highest BCUT2D eigenvalue weighted by molar-refractivity contribution is 5.81. The normalized spacial score (nSPS) is 19.5. The molecule has 1 fully saturated rings. The molecule has 0 unspecified atom stereocenters. The van der Waals surface area contributed by atoms with Gasteiger partial charge in [0.1, 0.15) is 0 Å². The van der Waals surface area contributed by atoms with E-state index in [0.717, 1.165) is 50.0 Å². The zero-order chi connectivity index (χ0) is 19.4. The van der Waals surface area contributed by atoms with Crippen molar-refractivity contribution in [1.82, 2.24) is 4.90 Å². The minimum absolute atomic E-state index is 0.0710. The fourth-order valence-corrected chi connectivity index (χ4v) is 4.27. The number of carbonyl (C=O) groups excluding carboxylic acids is 1. The number of piperidine rings is 1. The van der Waals surface area contributed by atoms with Crippen molar-refractivity contribution in [1.29, 1.82) is 0 Å². The summed E-state index contributed by atoms with van der Waals surface area (Å²) in [5.74, 6) is 1.55. The van der Waals surface area contributed by atoms with E-state index in [-0.39, 0.29) is 17.6 Å². The summed E-state index contributed by atoms with van der Waals surface area (Å²) in [4.78, 5) is 14.5. The third kappa shape index (κ3) is 3.92. The molecule has 150 valence electrons. The van der Waals surface area contributed by atoms with Crippen LogP contribution in [0.15, 0.2) is 12.1 Å². The van der Waals surface area contributed by atoms with Gasteiger partial charge in [0.05, 0.1) is 32.5 Å². The van der Waals surface area contributed by atoms with Gasteiger partial charge in [-0.2, -0.15) is 0 Å². The largest absolute Gasteiger partial charge is 0.493 e. The van der Waals surface area contributed by atoms with E-state index < -0.39 is 0 Å². The number of rotatable bonds is 6. The summed E-state index contributed by atoms with van der Waals surface area (Å²) in [6, 6.07) is 3.73. The van der Waals surface area contributed by atoms with Gasteiger partial charge >= 0.3 is 0 Å². The Kier molecular flexibility index (Phi) is 6.27. The maximum atomic E-state index is 12.6. The van der Waals surface area contributed by atoms with Crippen molar-refractivity contribution >= 4 is 5.91 Å². The smallest absolute Gasteiger partial charge is 0.239 e. The molecule has 6 nitrogen and oxygen atoms in total. The molecule has 0 bridgehead atoms. The highest BCUT2D eigenvalue weighted by Crippen LogP contribution is 2.45. The topological polar surface area (TPSA) is 74.0 Å². The predicted molar refractivity (Wildman–Crippen MR) is 104 cm³/mol. The van der Waals surface area contributed by atoms with Gasteiger partial charge < -0.3 is 24.8 Å². The van der Waals surface area contributed by atoms with Crippen LogP contribution in [0, 0.1) is 0 Å². The number of amides is 1. The van der Waals surface area contributed by atoms with Crippen molar-refractivity contribution < 1.29 is 19.0 Å². The molecule has 27 heavy (non-hydrogen) atoms. The Bertz CT molecular complexity index is 668. The first kappa shape index (κ1) is 20.0. The highest BCUT2D eigenvalue weighted by Gasteiger charge is 2.42. The van der Waals surface area contributed by atoms with Crippen molar-refractivity contribution in [2.75, 3.05) is 33.9 Å². The van der Waals surface area contributed by atoms with E-state index in [0.29, 0.717) is 19.7 Å². The van der Waals surface area contributed by atoms with Crippen LogP contribution in [-0.4, -0.2) is 50.8 Å². The molecule has 1 saturated heterocycles. The van der Waals surface area contributed by atoms with Gasteiger partial charge in [-0.25, -0.2) is 0 Å². The predicted octanol–water partition coefficient (Wildman–Crippen LogP) is 2.61. The number of hydrogen-bond acceptors (Lipinski definition) is 5. The number of methoxy groups -OCH3 is 2. The molecule has 0 saturated carbocycles. The first-order chi connectivity index (χ1) is 13.0. The summed E-state index contributed by atoms with van der Waals surface area (Å²) in [7, 11) is 3.31. The minimum Gasteiger partial charge on any atom is -0.493 e. The maximum Gasteiger partial charge on any atom is 0.239 e. The number of fused-ring (bicyclic) bond motifs is 2. The van der Waals surface area contributed by atoms with Crippen molar-refractivity contribution in [2.45, 2.75) is 57.1 Å². The third-order valence-corrected chi connectivity index (χ3v) is 5.92. The van der Waals surface area contributed by atoms with E-state index in [1.54, 1.807) is 14.2 Å². The summed E-state index contributed by atoms with van der Waals surface area (Å²) in [5, 5.41) is 0. The van der Waals surface area contributed by atoms with Crippen LogP contribution in [0.3, 0.4) is 0 Å². The molecule has 2 aliphatic rings. The number of hydrogen-bond donors (Lipinski definition) is 1. The van der Waals surface area contributed by atoms with E-state index >= 15 is 0 Å². The molecule has 1 spiro atoms. The van der Waals surface area contributed by atoms with Crippen LogP contribution in [0.1, 0.15) is 50.2 Å². The van der Waals surface area contributed by atoms with E-state index in [9.17, 15) is 4.79 Å². The Hall–Kier alpha value is -1.79. The second-order valence-electron chi connectivity index (χ2n) is 7.53. The molecule has 6 heteroatoms. The number of nitrogens with zero attached hydrogens (tertiary/aromatic N) is 1. The van der Waals surface area contributed by atoms with Gasteiger partial charge in [-0.15, -0.1) is 0 Å². The average Bonchev–Trinajstić information content (AvgIpc) is 2.71. The molecule has 2 heterocycles. The summed E-state index contributed by atoms with van der Waals surface area (Å²) in [5.41, 5.74) is 8.17. The van der Waals surface area contributed by atoms with Crippen LogP contribution in [0.25, 0.3) is 0 Å². The average molecular weight is 376 g/mol. The molecule has 0 aliphatic carbocycles. The van der Waals surface area contributed by atoms with E-state index in [4.69, 9.17) is 19.9 Å². The molecule has 1 atom stereocenters. The van der Waals surface area contributed by atoms with Gasteiger partial charge in [0.25, 0.3) is 0 Å². The fourth-order valence-electron chi connectivity index (χ4n) is 4.27. The molecule has 0 radical (unpaired) electrons. The molecule has 1 amide bonds. The number of likely N-dealkylation sites (tertiary alicyclic amines) is 1. The minimum atomic E-state index is -0.386. The number of benzene rings is 1. The maximum absolute atomic E-state index is 12.6. The van der Waals surface area contributed by atoms with Crippen LogP contribution in [0.4, 0.5) is 0 Å². The molecule has 2 N–H and O–H groups in total. The zero-order valence-corrected chi connectivity index (χ0v) is 16.8. The van der Waals surface area contributed by atoms with Crippen molar-refractivity contribution in [3.8, 4) is 11.5 Å². The Labute approximate surface area is 161 Å². The van der Waals surface area contributed by atoms with Gasteiger partial charge in [0, 0.05) is 13.1 Å². The molecule has 0 aromatic heterocycles. The quantitative estimate of drug-likeness (QED) is 0.826. The summed E-state index contributed by atoms with van der Waals surface area (Å²) in [6.07, 6.45) is 5.22. The Morgan fingerprint density at radius 1 is 1.26 bits per heavy atom. The summed E-state index contributed by atoms with van der Waals surface area (Å²) >= 11 is 0. The van der Waals surface area contributed by atoms with Crippen molar-refractivity contribution in [2.24, 2.45) is 5.73 Å². The summed E-state index contributed by atoms with van der Waals surface area (Å²) in [6.45, 7) is 4.15. The summed E-state index contributed by atoms with van der Waals surface area (Å²) < 4.78 is 17.2. The van der Waals surface area contributed by atoms with E-state index in [2.05, 4.69) is 19.1 Å². The molecular weight excluding hydrogens is 344 g/mol. The Morgan fingerprint density at radius 2 is 1.93 bits per heavy atom.